The quantitative estimate of drug-likeness (QED) is 0.306. The summed E-state index contributed by atoms with van der Waals surface area (Å²) in [5.41, 5.74) is -2.49. The Morgan fingerprint density at radius 3 is 2.25 bits per heavy atom. The Kier molecular flexibility index (Phi) is 6.54. The first-order chi connectivity index (χ1) is 16.8. The molecule has 3 N–H and O–H groups in total. The molecule has 0 fully saturated rings. The largest absolute Gasteiger partial charge is 0.516 e. The maximum absolute atomic E-state index is 12.8. The molecule has 0 saturated heterocycles. The Morgan fingerprint density at radius 1 is 0.889 bits per heavy atom. The predicted molar refractivity (Wildman–Crippen MR) is 134 cm³/mol. The molecule has 0 amide bonds. The van der Waals surface area contributed by atoms with Gasteiger partial charge in [0.2, 0.25) is 10.0 Å². The van der Waals surface area contributed by atoms with Crippen molar-refractivity contribution in [1.29, 1.82) is 0 Å². The summed E-state index contributed by atoms with van der Waals surface area (Å²) in [6.07, 6.45) is 4.54. The summed E-state index contributed by atoms with van der Waals surface area (Å²) in [6, 6.07) is 17.4. The van der Waals surface area contributed by atoms with Crippen LogP contribution in [0.4, 0.5) is 24.5 Å². The van der Waals surface area contributed by atoms with E-state index in [1.165, 1.54) is 18.2 Å². The Bertz CT molecular complexity index is 1660. The van der Waals surface area contributed by atoms with Crippen molar-refractivity contribution < 1.29 is 30.0 Å². The number of nitrogens with zero attached hydrogens (tertiary/aromatic N) is 1. The van der Waals surface area contributed by atoms with Gasteiger partial charge < -0.3 is 4.98 Å². The van der Waals surface area contributed by atoms with Crippen molar-refractivity contribution in [2.75, 3.05) is 15.7 Å². The van der Waals surface area contributed by atoms with Crippen LogP contribution in [0.1, 0.15) is 11.4 Å². The van der Waals surface area contributed by atoms with Crippen LogP contribution in [0.25, 0.3) is 34.3 Å². The van der Waals surface area contributed by atoms with Gasteiger partial charge in [-0.25, -0.2) is 13.4 Å². The van der Waals surface area contributed by atoms with Gasteiger partial charge in [-0.05, 0) is 47.5 Å². The highest BCUT2D eigenvalue weighted by atomic mass is 32.2. The lowest BCUT2D eigenvalue weighted by Gasteiger charge is -2.14. The van der Waals surface area contributed by atoms with Crippen LogP contribution < -0.4 is 9.44 Å². The highest BCUT2D eigenvalue weighted by molar-refractivity contribution is 7.93. The van der Waals surface area contributed by atoms with Gasteiger partial charge in [-0.2, -0.15) is 21.6 Å². The average molecular weight is 537 g/mol. The minimum atomic E-state index is -5.58. The molecule has 36 heavy (non-hydrogen) atoms. The van der Waals surface area contributed by atoms with E-state index in [4.69, 9.17) is 0 Å². The summed E-state index contributed by atoms with van der Waals surface area (Å²) >= 11 is 0. The second-order valence-corrected chi connectivity index (χ2v) is 11.2. The smallest absolute Gasteiger partial charge is 0.338 e. The standard InChI is InChI=1S/C23H19F3N4O4S2/c1-35(31,32)29-17-10-6-15(7-11-17)8-13-22-27-20-12-9-16(14-21(20)28-22)18-4-2-3-5-19(18)30-36(33,34)23(24,25)26/h2-14,29-30H,1H3,(H,27,28). The molecule has 0 atom stereocenters. The highest BCUT2D eigenvalue weighted by Crippen LogP contribution is 2.33. The number of para-hydroxylation sites is 1. The number of halogens is 3. The molecule has 0 aliphatic heterocycles. The summed E-state index contributed by atoms with van der Waals surface area (Å²) in [5.74, 6) is 0.506. The van der Waals surface area contributed by atoms with E-state index in [-0.39, 0.29) is 11.3 Å². The maximum Gasteiger partial charge on any atom is 0.516 e. The van der Waals surface area contributed by atoms with Gasteiger partial charge in [0, 0.05) is 11.3 Å². The molecule has 1 heterocycles. The zero-order valence-electron chi connectivity index (χ0n) is 18.5. The van der Waals surface area contributed by atoms with E-state index < -0.39 is 25.6 Å². The molecule has 0 unspecified atom stereocenters. The van der Waals surface area contributed by atoms with Crippen molar-refractivity contribution in [1.82, 2.24) is 9.97 Å². The van der Waals surface area contributed by atoms with Crippen LogP contribution in [0.3, 0.4) is 0 Å². The molecule has 13 heteroatoms. The van der Waals surface area contributed by atoms with E-state index >= 15 is 0 Å². The molecular formula is C23H19F3N4O4S2. The van der Waals surface area contributed by atoms with Crippen molar-refractivity contribution in [3.05, 3.63) is 78.1 Å². The molecule has 1 aromatic heterocycles. The maximum atomic E-state index is 12.8. The van der Waals surface area contributed by atoms with Crippen molar-refractivity contribution >= 4 is 54.6 Å². The summed E-state index contributed by atoms with van der Waals surface area (Å²) < 4.78 is 88.3. The fourth-order valence-electron chi connectivity index (χ4n) is 3.35. The highest BCUT2D eigenvalue weighted by Gasteiger charge is 2.46. The van der Waals surface area contributed by atoms with Crippen LogP contribution in [0.5, 0.6) is 0 Å². The van der Waals surface area contributed by atoms with Crippen molar-refractivity contribution in [3.8, 4) is 11.1 Å². The molecule has 0 spiro atoms. The number of fused-ring (bicyclic) bond motifs is 1. The number of H-pyrrole nitrogens is 1. The molecule has 0 radical (unpaired) electrons. The second-order valence-electron chi connectivity index (χ2n) is 7.78. The average Bonchev–Trinajstić information content (AvgIpc) is 3.19. The number of imidazole rings is 1. The number of nitrogens with one attached hydrogen (secondary N) is 3. The normalized spacial score (nSPS) is 12.8. The topological polar surface area (TPSA) is 121 Å². The third kappa shape index (κ3) is 5.86. The predicted octanol–water partition coefficient (Wildman–Crippen LogP) is 5.03. The van der Waals surface area contributed by atoms with Crippen LogP contribution in [0.2, 0.25) is 0 Å². The molecule has 0 aliphatic carbocycles. The van der Waals surface area contributed by atoms with Gasteiger partial charge in [-0.3, -0.25) is 9.44 Å². The van der Waals surface area contributed by atoms with Gasteiger partial charge in [0.15, 0.2) is 0 Å². The fourth-order valence-corrected chi connectivity index (χ4v) is 4.50. The third-order valence-corrected chi connectivity index (χ3v) is 6.64. The van der Waals surface area contributed by atoms with Crippen molar-refractivity contribution in [2.45, 2.75) is 5.51 Å². The van der Waals surface area contributed by atoms with Crippen molar-refractivity contribution in [2.24, 2.45) is 0 Å². The third-order valence-electron chi connectivity index (χ3n) is 4.93. The molecule has 4 aromatic rings. The van der Waals surface area contributed by atoms with Crippen LogP contribution >= 0.6 is 0 Å². The molecule has 4 rings (SSSR count). The Hall–Kier alpha value is -3.84. The van der Waals surface area contributed by atoms with E-state index in [0.29, 0.717) is 28.1 Å². The fraction of sp³-hybridized carbons (Fsp3) is 0.0870. The molecule has 0 bridgehead atoms. The first-order valence-electron chi connectivity index (χ1n) is 10.2. The summed E-state index contributed by atoms with van der Waals surface area (Å²) in [5, 5.41) is 0. The minimum Gasteiger partial charge on any atom is -0.338 e. The van der Waals surface area contributed by atoms with Gasteiger partial charge in [-0.1, -0.05) is 42.5 Å². The van der Waals surface area contributed by atoms with Gasteiger partial charge in [0.25, 0.3) is 0 Å². The van der Waals surface area contributed by atoms with Gasteiger partial charge in [0.1, 0.15) is 5.82 Å². The molecule has 3 aromatic carbocycles. The van der Waals surface area contributed by atoms with E-state index in [1.807, 2.05) is 0 Å². The number of anilines is 2. The lowest BCUT2D eigenvalue weighted by Crippen LogP contribution is -2.30. The minimum absolute atomic E-state index is 0.206. The number of rotatable bonds is 7. The lowest BCUT2D eigenvalue weighted by molar-refractivity contribution is -0.0429. The summed E-state index contributed by atoms with van der Waals surface area (Å²) in [7, 11) is -8.95. The van der Waals surface area contributed by atoms with E-state index in [1.54, 1.807) is 65.4 Å². The van der Waals surface area contributed by atoms with E-state index in [2.05, 4.69) is 14.7 Å². The van der Waals surface area contributed by atoms with Gasteiger partial charge >= 0.3 is 15.5 Å². The van der Waals surface area contributed by atoms with E-state index in [9.17, 15) is 30.0 Å². The Balaban J connectivity index is 1.59. The monoisotopic (exact) mass is 536 g/mol. The number of aromatic nitrogens is 2. The summed E-state index contributed by atoms with van der Waals surface area (Å²) in [6.45, 7) is 0. The molecular weight excluding hydrogens is 517 g/mol. The van der Waals surface area contributed by atoms with Crippen molar-refractivity contribution in [3.63, 3.8) is 0 Å². The number of aromatic amines is 1. The second kappa shape index (κ2) is 9.32. The van der Waals surface area contributed by atoms with Crippen LogP contribution in [-0.4, -0.2) is 38.6 Å². The molecule has 188 valence electrons. The van der Waals surface area contributed by atoms with Crippen LogP contribution in [-0.2, 0) is 20.0 Å². The zero-order chi connectivity index (χ0) is 26.1. The molecule has 0 aliphatic rings. The molecule has 0 saturated carbocycles. The Labute approximate surface area is 205 Å². The zero-order valence-corrected chi connectivity index (χ0v) is 20.2. The first-order valence-corrected chi connectivity index (χ1v) is 13.6. The number of sulfonamides is 2. The van der Waals surface area contributed by atoms with Crippen LogP contribution in [0, 0.1) is 0 Å². The number of hydrogen-bond donors (Lipinski definition) is 3. The lowest BCUT2D eigenvalue weighted by atomic mass is 10.0. The van der Waals surface area contributed by atoms with Gasteiger partial charge in [0.05, 0.1) is 23.0 Å². The number of alkyl halides is 3. The number of benzene rings is 3. The molecule has 8 nitrogen and oxygen atoms in total. The van der Waals surface area contributed by atoms with E-state index in [0.717, 1.165) is 11.8 Å². The summed E-state index contributed by atoms with van der Waals surface area (Å²) in [4.78, 5) is 7.55. The van der Waals surface area contributed by atoms with Gasteiger partial charge in [-0.15, -0.1) is 0 Å². The Morgan fingerprint density at radius 2 is 1.58 bits per heavy atom. The first kappa shape index (κ1) is 25.3. The van der Waals surface area contributed by atoms with Crippen LogP contribution in [0.15, 0.2) is 66.7 Å². The SMILES string of the molecule is CS(=O)(=O)Nc1ccc(C=Cc2nc3ccc(-c4ccccc4NS(=O)(=O)C(F)(F)F)cc3[nH]2)cc1. The number of hydrogen-bond acceptors (Lipinski definition) is 5.